The van der Waals surface area contributed by atoms with Gasteiger partial charge in [-0.15, -0.1) is 0 Å². The second-order valence-electron chi connectivity index (χ2n) is 6.72. The zero-order valence-electron chi connectivity index (χ0n) is 15.9. The van der Waals surface area contributed by atoms with Crippen LogP contribution in [0.1, 0.15) is 98.8 Å². The van der Waals surface area contributed by atoms with Crippen LogP contribution >= 0.6 is 0 Å². The highest BCUT2D eigenvalue weighted by molar-refractivity contribution is 5.74. The summed E-state index contributed by atoms with van der Waals surface area (Å²) in [5, 5.41) is 17.4. The van der Waals surface area contributed by atoms with E-state index < -0.39 is 17.4 Å². The van der Waals surface area contributed by atoms with Gasteiger partial charge in [0.2, 0.25) is 0 Å². The van der Waals surface area contributed by atoms with Gasteiger partial charge in [0.15, 0.2) is 0 Å². The first-order chi connectivity index (χ1) is 10.8. The number of carboxylic acid groups (broad SMARTS) is 2. The lowest BCUT2D eigenvalue weighted by Crippen LogP contribution is -2.34. The van der Waals surface area contributed by atoms with Gasteiger partial charge in [-0.3, -0.25) is 9.59 Å². The minimum atomic E-state index is -0.675. The molecule has 2 N–H and O–H groups in total. The molecule has 0 saturated heterocycles. The molecule has 0 saturated carbocycles. The molecule has 0 aliphatic rings. The van der Waals surface area contributed by atoms with Crippen LogP contribution < -0.4 is 0 Å². The van der Waals surface area contributed by atoms with Crippen LogP contribution in [0.25, 0.3) is 0 Å². The minimum absolute atomic E-state index is 0.278. The first kappa shape index (κ1) is 24.2. The molecule has 4 heteroatoms. The monoisotopic (exact) mass is 330 g/mol. The van der Waals surface area contributed by atoms with Crippen LogP contribution in [0.4, 0.5) is 0 Å². The van der Waals surface area contributed by atoms with Crippen LogP contribution in [0.5, 0.6) is 0 Å². The summed E-state index contributed by atoms with van der Waals surface area (Å²) in [4.78, 5) is 21.2. The maximum Gasteiger partial charge on any atom is 0.309 e. The molecule has 4 nitrogen and oxygen atoms in total. The Balaban J connectivity index is 0. The summed E-state index contributed by atoms with van der Waals surface area (Å²) in [6.45, 7) is 10.3. The molecule has 0 fully saturated rings. The Labute approximate surface area is 142 Å². The third-order valence-corrected chi connectivity index (χ3v) is 4.58. The lowest BCUT2D eigenvalue weighted by molar-refractivity contribution is -0.151. The summed E-state index contributed by atoms with van der Waals surface area (Å²) < 4.78 is 0. The van der Waals surface area contributed by atoms with Gasteiger partial charge in [0.25, 0.3) is 0 Å². The number of hydrogen-bond donors (Lipinski definition) is 2. The summed E-state index contributed by atoms with van der Waals surface area (Å²) in [6.07, 6.45) is 9.59. The standard InChI is InChI=1S/C12H24O2.C7H14O2/c1-5-7-8-10(3)12(4,9-6-2)11(13)14;1-2-3-4-5-6-7(8)9/h10H,5-9H2,1-4H3,(H,13,14);2-6H2,1H3,(H,8,9). The third kappa shape index (κ3) is 12.1. The average molecular weight is 331 g/mol. The van der Waals surface area contributed by atoms with Crippen LogP contribution in [-0.4, -0.2) is 22.2 Å². The van der Waals surface area contributed by atoms with Gasteiger partial charge in [-0.2, -0.15) is 0 Å². The normalized spacial score (nSPS) is 14.3. The molecule has 0 rings (SSSR count). The van der Waals surface area contributed by atoms with Crippen molar-refractivity contribution >= 4 is 11.9 Å². The fourth-order valence-corrected chi connectivity index (χ4v) is 2.62. The molecular weight excluding hydrogens is 292 g/mol. The van der Waals surface area contributed by atoms with Gasteiger partial charge < -0.3 is 10.2 Å². The summed E-state index contributed by atoms with van der Waals surface area (Å²) in [5.74, 6) is -1.03. The highest BCUT2D eigenvalue weighted by Gasteiger charge is 2.37. The summed E-state index contributed by atoms with van der Waals surface area (Å²) >= 11 is 0. The fourth-order valence-electron chi connectivity index (χ4n) is 2.62. The molecule has 0 bridgehead atoms. The molecule has 23 heavy (non-hydrogen) atoms. The van der Waals surface area contributed by atoms with Crippen molar-refractivity contribution in [1.82, 2.24) is 0 Å². The molecular formula is C19H38O4. The van der Waals surface area contributed by atoms with Crippen molar-refractivity contribution in [3.8, 4) is 0 Å². The van der Waals surface area contributed by atoms with Gasteiger partial charge in [-0.05, 0) is 32.1 Å². The van der Waals surface area contributed by atoms with Crippen molar-refractivity contribution in [3.05, 3.63) is 0 Å². The van der Waals surface area contributed by atoms with Crippen molar-refractivity contribution in [2.45, 2.75) is 98.8 Å². The van der Waals surface area contributed by atoms with Crippen LogP contribution in [0.3, 0.4) is 0 Å². The van der Waals surface area contributed by atoms with E-state index in [9.17, 15) is 14.7 Å². The van der Waals surface area contributed by atoms with Crippen molar-refractivity contribution in [2.75, 3.05) is 0 Å². The predicted molar refractivity (Wildman–Crippen MR) is 95.7 cm³/mol. The first-order valence-corrected chi connectivity index (χ1v) is 9.21. The highest BCUT2D eigenvalue weighted by Crippen LogP contribution is 2.35. The molecule has 0 amide bonds. The van der Waals surface area contributed by atoms with E-state index in [0.29, 0.717) is 6.42 Å². The Kier molecular flexibility index (Phi) is 15.3. The van der Waals surface area contributed by atoms with Crippen molar-refractivity contribution in [1.29, 1.82) is 0 Å². The molecule has 0 aromatic rings. The molecule has 0 spiro atoms. The van der Waals surface area contributed by atoms with E-state index in [1.165, 1.54) is 6.42 Å². The number of unbranched alkanes of at least 4 members (excludes halogenated alkanes) is 4. The molecule has 0 radical (unpaired) electrons. The SMILES string of the molecule is CCCCC(C)C(C)(CCC)C(=O)O.CCCCCCC(=O)O. The number of carboxylic acids is 2. The number of rotatable bonds is 12. The third-order valence-electron chi connectivity index (χ3n) is 4.58. The summed E-state index contributed by atoms with van der Waals surface area (Å²) in [6, 6.07) is 0. The lowest BCUT2D eigenvalue weighted by Gasteiger charge is -2.31. The van der Waals surface area contributed by atoms with Crippen molar-refractivity contribution < 1.29 is 19.8 Å². The van der Waals surface area contributed by atoms with Gasteiger partial charge >= 0.3 is 11.9 Å². The Morgan fingerprint density at radius 3 is 1.87 bits per heavy atom. The molecule has 2 atom stereocenters. The number of aliphatic carboxylic acids is 2. The smallest absolute Gasteiger partial charge is 0.309 e. The Hall–Kier alpha value is -1.06. The van der Waals surface area contributed by atoms with E-state index in [2.05, 4.69) is 20.8 Å². The van der Waals surface area contributed by atoms with Gasteiger partial charge in [0.05, 0.1) is 5.41 Å². The van der Waals surface area contributed by atoms with Crippen LogP contribution in [0, 0.1) is 11.3 Å². The second kappa shape index (κ2) is 14.5. The largest absolute Gasteiger partial charge is 0.481 e. The van der Waals surface area contributed by atoms with E-state index in [0.717, 1.165) is 51.4 Å². The summed E-state index contributed by atoms with van der Waals surface area (Å²) in [7, 11) is 0. The minimum Gasteiger partial charge on any atom is -0.481 e. The topological polar surface area (TPSA) is 74.6 Å². The van der Waals surface area contributed by atoms with E-state index in [1.807, 2.05) is 13.8 Å². The van der Waals surface area contributed by atoms with Gasteiger partial charge in [-0.1, -0.05) is 66.2 Å². The van der Waals surface area contributed by atoms with Crippen LogP contribution in [0.15, 0.2) is 0 Å². The van der Waals surface area contributed by atoms with Crippen molar-refractivity contribution in [3.63, 3.8) is 0 Å². The Morgan fingerprint density at radius 2 is 1.48 bits per heavy atom. The van der Waals surface area contributed by atoms with E-state index in [1.54, 1.807) is 0 Å². The molecule has 0 aromatic heterocycles. The zero-order valence-corrected chi connectivity index (χ0v) is 15.9. The Morgan fingerprint density at radius 1 is 0.913 bits per heavy atom. The molecule has 138 valence electrons. The second-order valence-corrected chi connectivity index (χ2v) is 6.72. The maximum atomic E-state index is 11.2. The van der Waals surface area contributed by atoms with Crippen molar-refractivity contribution in [2.24, 2.45) is 11.3 Å². The van der Waals surface area contributed by atoms with Crippen LogP contribution in [-0.2, 0) is 9.59 Å². The number of carbonyl (C=O) groups is 2. The van der Waals surface area contributed by atoms with Crippen LogP contribution in [0.2, 0.25) is 0 Å². The van der Waals surface area contributed by atoms with Gasteiger partial charge in [0, 0.05) is 6.42 Å². The maximum absolute atomic E-state index is 11.2. The van der Waals surface area contributed by atoms with E-state index in [-0.39, 0.29) is 5.92 Å². The molecule has 0 aliphatic heterocycles. The highest BCUT2D eigenvalue weighted by atomic mass is 16.4. The first-order valence-electron chi connectivity index (χ1n) is 9.21. The fraction of sp³-hybridized carbons (Fsp3) is 0.895. The molecule has 0 aliphatic carbocycles. The van der Waals surface area contributed by atoms with E-state index >= 15 is 0 Å². The number of hydrogen-bond acceptors (Lipinski definition) is 2. The Bertz CT molecular complexity index is 314. The zero-order chi connectivity index (χ0) is 18.3. The van der Waals surface area contributed by atoms with Gasteiger partial charge in [-0.25, -0.2) is 0 Å². The van der Waals surface area contributed by atoms with Gasteiger partial charge in [0.1, 0.15) is 0 Å². The quantitative estimate of drug-likeness (QED) is 0.447. The molecule has 0 aromatic carbocycles. The van der Waals surface area contributed by atoms with E-state index in [4.69, 9.17) is 5.11 Å². The predicted octanol–water partition coefficient (Wildman–Crippen LogP) is 5.75. The average Bonchev–Trinajstić information content (AvgIpc) is 2.49. The lowest BCUT2D eigenvalue weighted by atomic mass is 9.73. The molecule has 0 heterocycles. The molecule has 2 unspecified atom stereocenters. The summed E-state index contributed by atoms with van der Waals surface area (Å²) in [5.41, 5.74) is -0.524.